The summed E-state index contributed by atoms with van der Waals surface area (Å²) < 4.78 is 1.65. The third-order valence-electron chi connectivity index (χ3n) is 4.21. The zero-order valence-electron chi connectivity index (χ0n) is 14.0. The second kappa shape index (κ2) is 6.65. The smallest absolute Gasteiger partial charge is 0.263 e. The summed E-state index contributed by atoms with van der Waals surface area (Å²) in [6.07, 6.45) is 2.41. The van der Waals surface area contributed by atoms with E-state index in [0.717, 1.165) is 24.3 Å². The molecule has 0 spiro atoms. The molecule has 7 heteroatoms. The van der Waals surface area contributed by atoms with Gasteiger partial charge < -0.3 is 9.80 Å². The van der Waals surface area contributed by atoms with Gasteiger partial charge >= 0.3 is 0 Å². The lowest BCUT2D eigenvalue weighted by atomic mass is 10.2. The molecule has 3 rings (SSSR count). The van der Waals surface area contributed by atoms with Crippen molar-refractivity contribution in [2.45, 2.75) is 26.3 Å². The van der Waals surface area contributed by atoms with Gasteiger partial charge in [-0.05, 0) is 38.5 Å². The number of nitrogens with zero attached hydrogens (tertiary/aromatic N) is 4. The van der Waals surface area contributed by atoms with Crippen LogP contribution in [0.1, 0.15) is 36.7 Å². The SMILES string of the molecule is CC(C)n1ncc(C(=O)N2CCCN(C)c3ccc(Cl)cc32)c1Cl. The molecule has 0 radical (unpaired) electrons. The molecule has 1 aromatic carbocycles. The van der Waals surface area contributed by atoms with Crippen LogP contribution in [-0.2, 0) is 0 Å². The number of carbonyl (C=O) groups is 1. The van der Waals surface area contributed by atoms with Crippen LogP contribution in [0.3, 0.4) is 0 Å². The average Bonchev–Trinajstić information content (AvgIpc) is 2.84. The maximum atomic E-state index is 13.1. The van der Waals surface area contributed by atoms with Gasteiger partial charge in [0.25, 0.3) is 5.91 Å². The van der Waals surface area contributed by atoms with Crippen LogP contribution in [0.15, 0.2) is 24.4 Å². The van der Waals surface area contributed by atoms with E-state index in [2.05, 4.69) is 10.00 Å². The van der Waals surface area contributed by atoms with Crippen LogP contribution in [0, 0.1) is 0 Å². The molecule has 0 saturated heterocycles. The molecular formula is C17H20Cl2N4O. The van der Waals surface area contributed by atoms with Crippen LogP contribution in [-0.4, -0.2) is 35.8 Å². The molecule has 0 atom stereocenters. The number of hydrogen-bond donors (Lipinski definition) is 0. The zero-order valence-corrected chi connectivity index (χ0v) is 15.5. The maximum Gasteiger partial charge on any atom is 0.263 e. The molecule has 2 aromatic rings. The Labute approximate surface area is 151 Å². The molecule has 0 fully saturated rings. The zero-order chi connectivity index (χ0) is 17.4. The predicted octanol–water partition coefficient (Wildman–Crippen LogP) is 4.26. The fourth-order valence-corrected chi connectivity index (χ4v) is 3.48. The molecular weight excluding hydrogens is 347 g/mol. The topological polar surface area (TPSA) is 41.4 Å². The summed E-state index contributed by atoms with van der Waals surface area (Å²) in [5.74, 6) is -0.147. The monoisotopic (exact) mass is 366 g/mol. The van der Waals surface area contributed by atoms with Crippen LogP contribution < -0.4 is 9.80 Å². The van der Waals surface area contributed by atoms with E-state index in [9.17, 15) is 4.79 Å². The Morgan fingerprint density at radius 2 is 1.96 bits per heavy atom. The largest absolute Gasteiger partial charge is 0.373 e. The summed E-state index contributed by atoms with van der Waals surface area (Å²) in [6.45, 7) is 5.43. The number of fused-ring (bicyclic) bond motifs is 1. The fraction of sp³-hybridized carbons (Fsp3) is 0.412. The molecule has 5 nitrogen and oxygen atoms in total. The van der Waals surface area contributed by atoms with Crippen LogP contribution >= 0.6 is 23.2 Å². The minimum absolute atomic E-state index is 0.0936. The second-order valence-corrected chi connectivity index (χ2v) is 7.05. The number of aromatic nitrogens is 2. The Morgan fingerprint density at radius 3 is 2.62 bits per heavy atom. The van der Waals surface area contributed by atoms with Gasteiger partial charge in [-0.3, -0.25) is 9.48 Å². The van der Waals surface area contributed by atoms with Gasteiger partial charge in [0.1, 0.15) is 5.15 Å². The fourth-order valence-electron chi connectivity index (χ4n) is 2.95. The Hall–Kier alpha value is -1.72. The van der Waals surface area contributed by atoms with Crippen LogP contribution in [0.4, 0.5) is 11.4 Å². The molecule has 1 aliphatic rings. The number of carbonyl (C=O) groups excluding carboxylic acids is 1. The molecule has 0 saturated carbocycles. The highest BCUT2D eigenvalue weighted by Crippen LogP contribution is 2.35. The van der Waals surface area contributed by atoms with Gasteiger partial charge in [-0.25, -0.2) is 0 Å². The van der Waals surface area contributed by atoms with Gasteiger partial charge in [0, 0.05) is 31.2 Å². The Morgan fingerprint density at radius 1 is 1.21 bits per heavy atom. The number of rotatable bonds is 2. The molecule has 24 heavy (non-hydrogen) atoms. The van der Waals surface area contributed by atoms with Gasteiger partial charge in [-0.15, -0.1) is 0 Å². The van der Waals surface area contributed by atoms with Gasteiger partial charge in [0.2, 0.25) is 0 Å². The van der Waals surface area contributed by atoms with Crippen molar-refractivity contribution in [2.24, 2.45) is 0 Å². The number of benzene rings is 1. The summed E-state index contributed by atoms with van der Waals surface area (Å²) in [6, 6.07) is 5.71. The van der Waals surface area contributed by atoms with E-state index in [-0.39, 0.29) is 11.9 Å². The summed E-state index contributed by atoms with van der Waals surface area (Å²) in [5, 5.41) is 5.22. The highest BCUT2D eigenvalue weighted by atomic mass is 35.5. The molecule has 128 valence electrons. The van der Waals surface area contributed by atoms with Gasteiger partial charge in [0.05, 0.1) is 23.1 Å². The predicted molar refractivity (Wildman–Crippen MR) is 98.6 cm³/mol. The summed E-state index contributed by atoms with van der Waals surface area (Å²) in [4.78, 5) is 17.0. The van der Waals surface area contributed by atoms with Crippen molar-refractivity contribution in [1.29, 1.82) is 0 Å². The third-order valence-corrected chi connectivity index (χ3v) is 4.83. The minimum Gasteiger partial charge on any atom is -0.373 e. The van der Waals surface area contributed by atoms with Gasteiger partial charge in [-0.1, -0.05) is 23.2 Å². The van der Waals surface area contributed by atoms with Crippen molar-refractivity contribution in [2.75, 3.05) is 29.9 Å². The van der Waals surface area contributed by atoms with Crippen molar-refractivity contribution >= 4 is 40.5 Å². The van der Waals surface area contributed by atoms with Crippen molar-refractivity contribution in [3.63, 3.8) is 0 Å². The third kappa shape index (κ3) is 2.98. The first-order valence-electron chi connectivity index (χ1n) is 7.95. The van der Waals surface area contributed by atoms with Crippen molar-refractivity contribution < 1.29 is 4.79 Å². The number of hydrogen-bond acceptors (Lipinski definition) is 3. The molecule has 1 aliphatic heterocycles. The summed E-state index contributed by atoms with van der Waals surface area (Å²) >= 11 is 12.5. The molecule has 0 N–H and O–H groups in total. The molecule has 2 heterocycles. The number of amides is 1. The van der Waals surface area contributed by atoms with E-state index in [0.29, 0.717) is 22.3 Å². The van der Waals surface area contributed by atoms with E-state index in [1.54, 1.807) is 15.8 Å². The van der Waals surface area contributed by atoms with E-state index in [4.69, 9.17) is 23.2 Å². The minimum atomic E-state index is -0.147. The lowest BCUT2D eigenvalue weighted by Gasteiger charge is -2.24. The Bertz CT molecular complexity index is 772. The van der Waals surface area contributed by atoms with Gasteiger partial charge in [0.15, 0.2) is 0 Å². The van der Waals surface area contributed by atoms with Crippen LogP contribution in [0.5, 0.6) is 0 Å². The Kier molecular flexibility index (Phi) is 4.74. The molecule has 0 unspecified atom stereocenters. The first kappa shape index (κ1) is 17.1. The number of halogens is 2. The van der Waals surface area contributed by atoms with Crippen LogP contribution in [0.25, 0.3) is 0 Å². The number of anilines is 2. The van der Waals surface area contributed by atoms with Crippen molar-refractivity contribution in [1.82, 2.24) is 9.78 Å². The average molecular weight is 367 g/mol. The van der Waals surface area contributed by atoms with Crippen LogP contribution in [0.2, 0.25) is 10.2 Å². The van der Waals surface area contributed by atoms with Crippen molar-refractivity contribution in [3.8, 4) is 0 Å². The Balaban J connectivity index is 2.04. The lowest BCUT2D eigenvalue weighted by molar-refractivity contribution is 0.0987. The summed E-state index contributed by atoms with van der Waals surface area (Å²) in [5.41, 5.74) is 2.21. The standard InChI is InChI=1S/C17H20Cl2N4O/c1-11(2)23-16(19)13(10-20-23)17(24)22-8-4-7-21(3)14-6-5-12(18)9-15(14)22/h5-6,9-11H,4,7-8H2,1-3H3. The highest BCUT2D eigenvalue weighted by Gasteiger charge is 2.28. The summed E-state index contributed by atoms with van der Waals surface area (Å²) in [7, 11) is 2.02. The van der Waals surface area contributed by atoms with E-state index in [1.165, 1.54) is 0 Å². The maximum absolute atomic E-state index is 13.1. The van der Waals surface area contributed by atoms with Crippen molar-refractivity contribution in [3.05, 3.63) is 40.1 Å². The first-order chi connectivity index (χ1) is 11.4. The molecule has 1 amide bonds. The second-order valence-electron chi connectivity index (χ2n) is 6.25. The molecule has 0 bridgehead atoms. The highest BCUT2D eigenvalue weighted by molar-refractivity contribution is 6.34. The molecule has 0 aliphatic carbocycles. The first-order valence-corrected chi connectivity index (χ1v) is 8.71. The lowest BCUT2D eigenvalue weighted by Crippen LogP contribution is -2.31. The quantitative estimate of drug-likeness (QED) is 0.797. The molecule has 1 aromatic heterocycles. The normalized spacial score (nSPS) is 14.8. The van der Waals surface area contributed by atoms with E-state index >= 15 is 0 Å². The van der Waals surface area contributed by atoms with Gasteiger partial charge in [-0.2, -0.15) is 5.10 Å². The van der Waals surface area contributed by atoms with E-state index in [1.807, 2.05) is 39.1 Å². The van der Waals surface area contributed by atoms with E-state index < -0.39 is 0 Å².